The molecule has 0 N–H and O–H groups in total. The number of hydrogen-bond donors (Lipinski definition) is 0. The van der Waals surface area contributed by atoms with Gasteiger partial charge in [-0.2, -0.15) is 0 Å². The van der Waals surface area contributed by atoms with E-state index in [1.807, 2.05) is 31.5 Å². The normalized spacial score (nSPS) is 19.7. The highest BCUT2D eigenvalue weighted by Gasteiger charge is 2.24. The van der Waals surface area contributed by atoms with Crippen LogP contribution in [0.3, 0.4) is 0 Å². The lowest BCUT2D eigenvalue weighted by atomic mass is 10.1. The summed E-state index contributed by atoms with van der Waals surface area (Å²) in [5, 5.41) is 0. The number of piperazine rings is 1. The number of pyridine rings is 2. The molecule has 2 aromatic heterocycles. The molecule has 1 aliphatic heterocycles. The van der Waals surface area contributed by atoms with Crippen LogP contribution in [0.4, 0.5) is 5.82 Å². The zero-order valence-electron chi connectivity index (χ0n) is 12.7. The number of aromatic nitrogens is 2. The van der Waals surface area contributed by atoms with Crippen LogP contribution in [0, 0.1) is 6.92 Å². The summed E-state index contributed by atoms with van der Waals surface area (Å²) in [6, 6.07) is 10.9. The van der Waals surface area contributed by atoms with Gasteiger partial charge < -0.3 is 4.90 Å². The monoisotopic (exact) mass is 282 g/mol. The van der Waals surface area contributed by atoms with Gasteiger partial charge in [0.1, 0.15) is 5.82 Å². The highest BCUT2D eigenvalue weighted by atomic mass is 15.3. The van der Waals surface area contributed by atoms with Gasteiger partial charge >= 0.3 is 0 Å². The average Bonchev–Trinajstić information content (AvgIpc) is 2.50. The SMILES string of the molecule is Cc1cccc(N2CCN(Cc3cccnc3)[C@@H](C)C2)n1. The van der Waals surface area contributed by atoms with Crippen LogP contribution >= 0.6 is 0 Å². The molecule has 0 amide bonds. The fourth-order valence-corrected chi connectivity index (χ4v) is 2.87. The Balaban J connectivity index is 1.64. The van der Waals surface area contributed by atoms with Crippen LogP contribution in [0.2, 0.25) is 0 Å². The molecule has 4 heteroatoms. The third kappa shape index (κ3) is 3.39. The fourth-order valence-electron chi connectivity index (χ4n) is 2.87. The van der Waals surface area contributed by atoms with E-state index in [0.717, 1.165) is 37.7 Å². The van der Waals surface area contributed by atoms with Gasteiger partial charge in [-0.25, -0.2) is 4.98 Å². The average molecular weight is 282 g/mol. The largest absolute Gasteiger partial charge is 0.354 e. The van der Waals surface area contributed by atoms with Crippen molar-refractivity contribution in [2.75, 3.05) is 24.5 Å². The van der Waals surface area contributed by atoms with Gasteiger partial charge in [0.2, 0.25) is 0 Å². The smallest absolute Gasteiger partial charge is 0.128 e. The van der Waals surface area contributed by atoms with Crippen molar-refractivity contribution in [2.45, 2.75) is 26.4 Å². The minimum absolute atomic E-state index is 0.515. The summed E-state index contributed by atoms with van der Waals surface area (Å²) in [6.45, 7) is 8.43. The van der Waals surface area contributed by atoms with Crippen molar-refractivity contribution < 1.29 is 0 Å². The summed E-state index contributed by atoms with van der Waals surface area (Å²) in [6.07, 6.45) is 3.79. The van der Waals surface area contributed by atoms with Gasteiger partial charge in [-0.05, 0) is 37.6 Å². The Morgan fingerprint density at radius 1 is 1.19 bits per heavy atom. The van der Waals surface area contributed by atoms with Crippen molar-refractivity contribution in [1.29, 1.82) is 0 Å². The van der Waals surface area contributed by atoms with Gasteiger partial charge in [0.15, 0.2) is 0 Å². The van der Waals surface area contributed by atoms with Crippen LogP contribution in [-0.4, -0.2) is 40.5 Å². The maximum absolute atomic E-state index is 4.64. The molecule has 0 spiro atoms. The maximum Gasteiger partial charge on any atom is 0.128 e. The standard InChI is InChI=1S/C17H22N4/c1-14-5-3-7-17(19-14)21-10-9-20(15(2)12-21)13-16-6-4-8-18-11-16/h3-8,11,15H,9-10,12-13H2,1-2H3/t15-/m0/s1. The van der Waals surface area contributed by atoms with E-state index < -0.39 is 0 Å². The molecule has 21 heavy (non-hydrogen) atoms. The topological polar surface area (TPSA) is 32.3 Å². The van der Waals surface area contributed by atoms with E-state index in [1.165, 1.54) is 5.56 Å². The third-order valence-electron chi connectivity index (χ3n) is 4.07. The molecule has 0 unspecified atom stereocenters. The minimum atomic E-state index is 0.515. The quantitative estimate of drug-likeness (QED) is 0.866. The molecule has 0 saturated carbocycles. The van der Waals surface area contributed by atoms with E-state index in [9.17, 15) is 0 Å². The lowest BCUT2D eigenvalue weighted by molar-refractivity contribution is 0.180. The number of rotatable bonds is 3. The highest BCUT2D eigenvalue weighted by molar-refractivity contribution is 5.40. The number of anilines is 1. The van der Waals surface area contributed by atoms with E-state index in [4.69, 9.17) is 0 Å². The second kappa shape index (κ2) is 6.22. The lowest BCUT2D eigenvalue weighted by Crippen LogP contribution is -2.51. The van der Waals surface area contributed by atoms with Crippen LogP contribution in [-0.2, 0) is 6.54 Å². The first-order chi connectivity index (χ1) is 10.2. The van der Waals surface area contributed by atoms with E-state index in [-0.39, 0.29) is 0 Å². The number of nitrogens with zero attached hydrogens (tertiary/aromatic N) is 4. The Morgan fingerprint density at radius 2 is 2.10 bits per heavy atom. The van der Waals surface area contributed by atoms with Gasteiger partial charge in [-0.15, -0.1) is 0 Å². The van der Waals surface area contributed by atoms with Gasteiger partial charge in [-0.1, -0.05) is 12.1 Å². The molecule has 0 bridgehead atoms. The van der Waals surface area contributed by atoms with Crippen molar-refractivity contribution in [1.82, 2.24) is 14.9 Å². The molecular weight excluding hydrogens is 260 g/mol. The fraction of sp³-hybridized carbons (Fsp3) is 0.412. The first kappa shape index (κ1) is 14.0. The van der Waals surface area contributed by atoms with Crippen LogP contribution in [0.5, 0.6) is 0 Å². The zero-order valence-corrected chi connectivity index (χ0v) is 12.7. The van der Waals surface area contributed by atoms with Crippen LogP contribution in [0.15, 0.2) is 42.7 Å². The first-order valence-electron chi connectivity index (χ1n) is 7.54. The molecule has 0 aromatic carbocycles. The molecule has 0 radical (unpaired) electrons. The second-order valence-electron chi connectivity index (χ2n) is 5.76. The Hall–Kier alpha value is -1.94. The summed E-state index contributed by atoms with van der Waals surface area (Å²) in [4.78, 5) is 13.7. The third-order valence-corrected chi connectivity index (χ3v) is 4.07. The Bertz CT molecular complexity index is 584. The molecule has 0 aliphatic carbocycles. The molecule has 1 saturated heterocycles. The van der Waals surface area contributed by atoms with Gasteiger partial charge in [-0.3, -0.25) is 9.88 Å². The van der Waals surface area contributed by atoms with Gasteiger partial charge in [0.05, 0.1) is 0 Å². The van der Waals surface area contributed by atoms with Crippen molar-refractivity contribution in [3.63, 3.8) is 0 Å². The summed E-state index contributed by atoms with van der Waals surface area (Å²) in [5.41, 5.74) is 2.37. The molecule has 3 heterocycles. The van der Waals surface area contributed by atoms with Crippen molar-refractivity contribution in [3.05, 3.63) is 54.0 Å². The second-order valence-corrected chi connectivity index (χ2v) is 5.76. The predicted molar refractivity (Wildman–Crippen MR) is 85.3 cm³/mol. The first-order valence-corrected chi connectivity index (χ1v) is 7.54. The number of hydrogen-bond acceptors (Lipinski definition) is 4. The molecule has 2 aromatic rings. The van der Waals surface area contributed by atoms with Gasteiger partial charge in [0, 0.05) is 50.3 Å². The molecule has 110 valence electrons. The summed E-state index contributed by atoms with van der Waals surface area (Å²) in [7, 11) is 0. The van der Waals surface area contributed by atoms with E-state index >= 15 is 0 Å². The van der Waals surface area contributed by atoms with Crippen LogP contribution in [0.1, 0.15) is 18.2 Å². The maximum atomic E-state index is 4.64. The molecule has 1 fully saturated rings. The van der Waals surface area contributed by atoms with E-state index in [1.54, 1.807) is 0 Å². The molecule has 1 atom stereocenters. The van der Waals surface area contributed by atoms with Crippen molar-refractivity contribution in [2.24, 2.45) is 0 Å². The van der Waals surface area contributed by atoms with Crippen molar-refractivity contribution in [3.8, 4) is 0 Å². The highest BCUT2D eigenvalue weighted by Crippen LogP contribution is 2.18. The lowest BCUT2D eigenvalue weighted by Gasteiger charge is -2.40. The summed E-state index contributed by atoms with van der Waals surface area (Å²) in [5.74, 6) is 1.10. The van der Waals surface area contributed by atoms with Crippen molar-refractivity contribution >= 4 is 5.82 Å². The zero-order chi connectivity index (χ0) is 14.7. The van der Waals surface area contributed by atoms with E-state index in [2.05, 4.69) is 44.9 Å². The van der Waals surface area contributed by atoms with Crippen LogP contribution < -0.4 is 4.90 Å². The van der Waals surface area contributed by atoms with E-state index in [0.29, 0.717) is 6.04 Å². The molecule has 1 aliphatic rings. The Kier molecular flexibility index (Phi) is 4.15. The minimum Gasteiger partial charge on any atom is -0.354 e. The summed E-state index contributed by atoms with van der Waals surface area (Å²) < 4.78 is 0. The summed E-state index contributed by atoms with van der Waals surface area (Å²) >= 11 is 0. The molecule has 3 rings (SSSR count). The van der Waals surface area contributed by atoms with Crippen LogP contribution in [0.25, 0.3) is 0 Å². The molecule has 4 nitrogen and oxygen atoms in total. The molecular formula is C17H22N4. The number of aryl methyl sites for hydroxylation is 1. The Labute approximate surface area is 126 Å². The Morgan fingerprint density at radius 3 is 2.81 bits per heavy atom. The van der Waals surface area contributed by atoms with Gasteiger partial charge in [0.25, 0.3) is 0 Å². The predicted octanol–water partition coefficient (Wildman–Crippen LogP) is 2.50.